The molecule has 0 spiro atoms. The van der Waals surface area contributed by atoms with E-state index in [1.54, 1.807) is 41.5 Å². The predicted octanol–water partition coefficient (Wildman–Crippen LogP) is 2.69. The molecule has 114 valence electrons. The van der Waals surface area contributed by atoms with Gasteiger partial charge >= 0.3 is 0 Å². The van der Waals surface area contributed by atoms with Crippen molar-refractivity contribution in [2.45, 2.75) is 17.6 Å². The van der Waals surface area contributed by atoms with E-state index in [2.05, 4.69) is 14.7 Å². The van der Waals surface area contributed by atoms with Crippen LogP contribution in [0.4, 0.5) is 5.69 Å². The molecule has 0 aliphatic rings. The Hall–Kier alpha value is -2.19. The van der Waals surface area contributed by atoms with E-state index < -0.39 is 10.0 Å². The summed E-state index contributed by atoms with van der Waals surface area (Å²) in [5.41, 5.74) is 0.426. The van der Waals surface area contributed by atoms with Crippen LogP contribution in [-0.2, 0) is 16.4 Å². The number of imidazole rings is 1. The van der Waals surface area contributed by atoms with E-state index in [4.69, 9.17) is 0 Å². The Balaban J connectivity index is 1.80. The van der Waals surface area contributed by atoms with Crippen LogP contribution in [0.2, 0.25) is 0 Å². The molecule has 3 aromatic rings. The number of pyridine rings is 1. The van der Waals surface area contributed by atoms with Gasteiger partial charge in [0.05, 0.1) is 11.9 Å². The van der Waals surface area contributed by atoms with Crippen LogP contribution in [0.15, 0.2) is 53.4 Å². The Morgan fingerprint density at radius 2 is 2.14 bits per heavy atom. The molecule has 3 aromatic heterocycles. The van der Waals surface area contributed by atoms with Gasteiger partial charge in [-0.25, -0.2) is 18.4 Å². The van der Waals surface area contributed by atoms with Crippen molar-refractivity contribution in [3.63, 3.8) is 0 Å². The summed E-state index contributed by atoms with van der Waals surface area (Å²) in [5.74, 6) is 0.671. The lowest BCUT2D eigenvalue weighted by Crippen LogP contribution is -2.11. The van der Waals surface area contributed by atoms with Gasteiger partial charge in [0.25, 0.3) is 10.0 Å². The summed E-state index contributed by atoms with van der Waals surface area (Å²) in [5, 5.41) is 0. The summed E-state index contributed by atoms with van der Waals surface area (Å²) in [6.07, 6.45) is 7.36. The molecule has 0 aliphatic heterocycles. The highest BCUT2D eigenvalue weighted by molar-refractivity contribution is 7.94. The summed E-state index contributed by atoms with van der Waals surface area (Å²) >= 11 is 1.28. The van der Waals surface area contributed by atoms with Crippen LogP contribution in [-0.4, -0.2) is 23.0 Å². The highest BCUT2D eigenvalue weighted by atomic mass is 32.2. The molecule has 3 rings (SSSR count). The highest BCUT2D eigenvalue weighted by Crippen LogP contribution is 2.24. The maximum absolute atomic E-state index is 12.3. The summed E-state index contributed by atoms with van der Waals surface area (Å²) in [6.45, 7) is 1.99. The standard InChI is InChI=1S/C14H14N4O2S2/c1-2-12-4-6-14(21-12)22(19,20)17-11-3-5-13(16-9-11)18-8-7-15-10-18/h3-10,17H,2H2,1H3. The number of hydrogen-bond acceptors (Lipinski definition) is 5. The average Bonchev–Trinajstić information content (AvgIpc) is 3.19. The number of thiophene rings is 1. The van der Waals surface area contributed by atoms with E-state index >= 15 is 0 Å². The summed E-state index contributed by atoms with van der Waals surface area (Å²) in [4.78, 5) is 9.20. The number of anilines is 1. The number of nitrogens with one attached hydrogen (secondary N) is 1. The molecule has 0 bridgehead atoms. The van der Waals surface area contributed by atoms with E-state index in [0.29, 0.717) is 15.7 Å². The molecule has 0 saturated carbocycles. The van der Waals surface area contributed by atoms with Crippen LogP contribution in [0.5, 0.6) is 0 Å². The average molecular weight is 334 g/mol. The monoisotopic (exact) mass is 334 g/mol. The van der Waals surface area contributed by atoms with E-state index in [9.17, 15) is 8.42 Å². The number of nitrogens with zero attached hydrogens (tertiary/aromatic N) is 3. The first-order valence-corrected chi connectivity index (χ1v) is 8.94. The molecule has 0 saturated heterocycles. The molecule has 0 amide bonds. The second-order valence-electron chi connectivity index (χ2n) is 4.55. The van der Waals surface area contributed by atoms with Crippen molar-refractivity contribution < 1.29 is 8.42 Å². The van der Waals surface area contributed by atoms with Gasteiger partial charge in [0, 0.05) is 17.3 Å². The number of hydrogen-bond donors (Lipinski definition) is 1. The molecule has 0 radical (unpaired) electrons. The Labute approximate surface area is 132 Å². The van der Waals surface area contributed by atoms with Crippen LogP contribution in [0, 0.1) is 0 Å². The lowest BCUT2D eigenvalue weighted by molar-refractivity contribution is 0.603. The highest BCUT2D eigenvalue weighted by Gasteiger charge is 2.16. The lowest BCUT2D eigenvalue weighted by Gasteiger charge is -2.07. The fourth-order valence-electron chi connectivity index (χ4n) is 1.89. The Morgan fingerprint density at radius 3 is 2.73 bits per heavy atom. The van der Waals surface area contributed by atoms with Gasteiger partial charge in [-0.05, 0) is 30.7 Å². The zero-order valence-corrected chi connectivity index (χ0v) is 13.4. The summed E-state index contributed by atoms with van der Waals surface area (Å²) in [6, 6.07) is 6.86. The number of aromatic nitrogens is 3. The van der Waals surface area contributed by atoms with Crippen molar-refractivity contribution in [1.29, 1.82) is 0 Å². The minimum atomic E-state index is -3.56. The summed E-state index contributed by atoms with van der Waals surface area (Å²) < 4.78 is 29.2. The molecule has 6 nitrogen and oxygen atoms in total. The van der Waals surface area contributed by atoms with Gasteiger partial charge in [-0.3, -0.25) is 9.29 Å². The first-order chi connectivity index (χ1) is 10.6. The minimum Gasteiger partial charge on any atom is -0.291 e. The number of aryl methyl sites for hydroxylation is 1. The second-order valence-corrected chi connectivity index (χ2v) is 7.63. The van der Waals surface area contributed by atoms with Crippen molar-refractivity contribution in [2.75, 3.05) is 4.72 Å². The first kappa shape index (κ1) is 14.7. The van der Waals surface area contributed by atoms with Crippen LogP contribution < -0.4 is 4.72 Å². The first-order valence-electron chi connectivity index (χ1n) is 6.64. The molecular formula is C14H14N4O2S2. The van der Waals surface area contributed by atoms with Crippen molar-refractivity contribution in [3.05, 3.63) is 54.1 Å². The largest absolute Gasteiger partial charge is 0.291 e. The third-order valence-electron chi connectivity index (χ3n) is 3.02. The Kier molecular flexibility index (Phi) is 3.95. The van der Waals surface area contributed by atoms with E-state index in [-0.39, 0.29) is 0 Å². The topological polar surface area (TPSA) is 76.9 Å². The molecule has 0 fully saturated rings. The van der Waals surface area contributed by atoms with Crippen molar-refractivity contribution in [3.8, 4) is 5.82 Å². The van der Waals surface area contributed by atoms with Gasteiger partial charge < -0.3 is 0 Å². The molecule has 0 aliphatic carbocycles. The maximum Gasteiger partial charge on any atom is 0.271 e. The van der Waals surface area contributed by atoms with E-state index in [1.807, 2.05) is 13.0 Å². The molecule has 0 unspecified atom stereocenters. The fraction of sp³-hybridized carbons (Fsp3) is 0.143. The third kappa shape index (κ3) is 3.02. The van der Waals surface area contributed by atoms with Gasteiger partial charge in [0.2, 0.25) is 0 Å². The molecule has 0 aromatic carbocycles. The smallest absolute Gasteiger partial charge is 0.271 e. The van der Waals surface area contributed by atoms with E-state index in [1.165, 1.54) is 17.5 Å². The van der Waals surface area contributed by atoms with Crippen molar-refractivity contribution in [1.82, 2.24) is 14.5 Å². The molecule has 8 heteroatoms. The number of rotatable bonds is 5. The molecule has 0 atom stereocenters. The zero-order chi connectivity index (χ0) is 15.6. The zero-order valence-electron chi connectivity index (χ0n) is 11.8. The SMILES string of the molecule is CCc1ccc(S(=O)(=O)Nc2ccc(-n3ccnc3)nc2)s1. The van der Waals surface area contributed by atoms with Crippen molar-refractivity contribution in [2.24, 2.45) is 0 Å². The summed E-state index contributed by atoms with van der Waals surface area (Å²) in [7, 11) is -3.56. The maximum atomic E-state index is 12.3. The molecule has 22 heavy (non-hydrogen) atoms. The van der Waals surface area contributed by atoms with Gasteiger partial charge in [0.15, 0.2) is 0 Å². The Bertz CT molecular complexity index is 853. The second kappa shape index (κ2) is 5.90. The van der Waals surface area contributed by atoms with Gasteiger partial charge in [-0.15, -0.1) is 11.3 Å². The van der Waals surface area contributed by atoms with Gasteiger partial charge in [-0.1, -0.05) is 6.92 Å². The normalized spacial score (nSPS) is 11.5. The third-order valence-corrected chi connectivity index (χ3v) is 6.12. The molecular weight excluding hydrogens is 320 g/mol. The van der Waals surface area contributed by atoms with Gasteiger partial charge in [0.1, 0.15) is 16.4 Å². The van der Waals surface area contributed by atoms with E-state index in [0.717, 1.165) is 11.3 Å². The van der Waals surface area contributed by atoms with Crippen molar-refractivity contribution >= 4 is 27.0 Å². The van der Waals surface area contributed by atoms with Crippen LogP contribution in [0.3, 0.4) is 0 Å². The lowest BCUT2D eigenvalue weighted by atomic mass is 10.4. The molecule has 3 heterocycles. The van der Waals surface area contributed by atoms with Crippen LogP contribution >= 0.6 is 11.3 Å². The minimum absolute atomic E-state index is 0.308. The fourth-order valence-corrected chi connectivity index (χ4v) is 4.23. The van der Waals surface area contributed by atoms with Crippen LogP contribution in [0.1, 0.15) is 11.8 Å². The number of sulfonamides is 1. The molecule has 1 N–H and O–H groups in total. The predicted molar refractivity (Wildman–Crippen MR) is 85.9 cm³/mol. The van der Waals surface area contributed by atoms with Crippen LogP contribution in [0.25, 0.3) is 5.82 Å². The quantitative estimate of drug-likeness (QED) is 0.778. The van der Waals surface area contributed by atoms with Gasteiger partial charge in [-0.2, -0.15) is 0 Å². The Morgan fingerprint density at radius 1 is 1.27 bits per heavy atom.